The molecule has 0 radical (unpaired) electrons. The van der Waals surface area contributed by atoms with Crippen LogP contribution in [-0.4, -0.2) is 16.0 Å². The molecule has 100 valence electrons. The molecule has 0 aliphatic rings. The zero-order valence-corrected chi connectivity index (χ0v) is 10.9. The minimum Gasteiger partial charge on any atom is -0.508 e. The van der Waals surface area contributed by atoms with Crippen molar-refractivity contribution in [2.45, 2.75) is 26.3 Å². The minimum absolute atomic E-state index is 0.122. The Morgan fingerprint density at radius 2 is 2.21 bits per heavy atom. The molecule has 0 bridgehead atoms. The topological polar surface area (TPSA) is 75.4 Å². The third-order valence-electron chi connectivity index (χ3n) is 2.73. The van der Waals surface area contributed by atoms with Gasteiger partial charge >= 0.3 is 0 Å². The Bertz CT molecular complexity index is 578. The van der Waals surface area contributed by atoms with Crippen molar-refractivity contribution in [2.24, 2.45) is 0 Å². The van der Waals surface area contributed by atoms with E-state index in [1.165, 1.54) is 0 Å². The number of benzene rings is 1. The van der Waals surface area contributed by atoms with Gasteiger partial charge in [-0.2, -0.15) is 0 Å². The number of nitrogens with one attached hydrogen (secondary N) is 1. The van der Waals surface area contributed by atoms with Crippen LogP contribution in [0.25, 0.3) is 0 Å². The van der Waals surface area contributed by atoms with Gasteiger partial charge in [0, 0.05) is 5.56 Å². The van der Waals surface area contributed by atoms with Gasteiger partial charge in [0.05, 0.1) is 12.6 Å². The lowest BCUT2D eigenvalue weighted by Crippen LogP contribution is -2.28. The average Bonchev–Trinajstić information content (AvgIpc) is 2.79. The number of oxazole rings is 1. The fourth-order valence-corrected chi connectivity index (χ4v) is 1.76. The molecule has 2 N–H and O–H groups in total. The van der Waals surface area contributed by atoms with Crippen molar-refractivity contribution in [1.29, 1.82) is 0 Å². The lowest BCUT2D eigenvalue weighted by atomic mass is 10.1. The van der Waals surface area contributed by atoms with Crippen LogP contribution in [0.1, 0.15) is 30.2 Å². The monoisotopic (exact) mass is 260 g/mol. The summed E-state index contributed by atoms with van der Waals surface area (Å²) in [5.74, 6) is 1.11. The van der Waals surface area contributed by atoms with Crippen LogP contribution in [0.3, 0.4) is 0 Å². The normalized spacial score (nSPS) is 12.1. The van der Waals surface area contributed by atoms with Crippen molar-refractivity contribution in [2.75, 3.05) is 0 Å². The summed E-state index contributed by atoms with van der Waals surface area (Å²) in [5.41, 5.74) is 0.593. The van der Waals surface area contributed by atoms with Gasteiger partial charge in [0.2, 0.25) is 11.8 Å². The molecular formula is C14H16N2O3. The smallest absolute Gasteiger partial charge is 0.225 e. The molecule has 5 nitrogen and oxygen atoms in total. The third-order valence-corrected chi connectivity index (χ3v) is 2.73. The Balaban J connectivity index is 1.96. The van der Waals surface area contributed by atoms with Gasteiger partial charge in [-0.3, -0.25) is 4.79 Å². The number of aromatic hydroxyl groups is 1. The Kier molecular flexibility index (Phi) is 3.85. The molecule has 5 heteroatoms. The first-order valence-corrected chi connectivity index (χ1v) is 6.05. The van der Waals surface area contributed by atoms with Crippen molar-refractivity contribution in [3.63, 3.8) is 0 Å². The van der Waals surface area contributed by atoms with Crippen molar-refractivity contribution in [1.82, 2.24) is 10.3 Å². The van der Waals surface area contributed by atoms with Crippen LogP contribution in [0.5, 0.6) is 5.75 Å². The second kappa shape index (κ2) is 5.56. The van der Waals surface area contributed by atoms with Gasteiger partial charge in [0.1, 0.15) is 17.6 Å². The Morgan fingerprint density at radius 3 is 2.84 bits per heavy atom. The highest BCUT2D eigenvalue weighted by Crippen LogP contribution is 2.17. The number of carbonyl (C=O) groups excluding carboxylic acids is 1. The van der Waals surface area contributed by atoms with Gasteiger partial charge in [-0.1, -0.05) is 18.2 Å². The van der Waals surface area contributed by atoms with Crippen LogP contribution in [-0.2, 0) is 11.2 Å². The molecule has 0 spiro atoms. The van der Waals surface area contributed by atoms with Gasteiger partial charge in [-0.25, -0.2) is 4.98 Å². The number of phenolic OH excluding ortho intramolecular Hbond substituents is 1. The van der Waals surface area contributed by atoms with Crippen LogP contribution >= 0.6 is 0 Å². The zero-order valence-electron chi connectivity index (χ0n) is 10.9. The number of rotatable bonds is 4. The van der Waals surface area contributed by atoms with E-state index in [0.717, 1.165) is 0 Å². The van der Waals surface area contributed by atoms with E-state index in [4.69, 9.17) is 4.42 Å². The van der Waals surface area contributed by atoms with E-state index >= 15 is 0 Å². The van der Waals surface area contributed by atoms with Gasteiger partial charge in [-0.15, -0.1) is 0 Å². The van der Waals surface area contributed by atoms with Gasteiger partial charge in [0.25, 0.3) is 0 Å². The molecule has 1 unspecified atom stereocenters. The standard InChI is InChI=1S/C14H16N2O3/c1-9-8-15-14(19-9)10(2)16-13(18)7-11-5-3-4-6-12(11)17/h3-6,8,10,17H,7H2,1-2H3,(H,16,18). The SMILES string of the molecule is Cc1cnc(C(C)NC(=O)Cc2ccccc2O)o1. The summed E-state index contributed by atoms with van der Waals surface area (Å²) in [6.45, 7) is 3.60. The number of phenols is 1. The zero-order chi connectivity index (χ0) is 13.8. The van der Waals surface area contributed by atoms with Crippen LogP contribution in [0.2, 0.25) is 0 Å². The number of hydrogen-bond donors (Lipinski definition) is 2. The maximum atomic E-state index is 11.9. The molecule has 2 aromatic rings. The van der Waals surface area contributed by atoms with Gasteiger partial charge in [-0.05, 0) is 19.9 Å². The molecule has 0 aliphatic carbocycles. The van der Waals surface area contributed by atoms with E-state index < -0.39 is 0 Å². The number of amides is 1. The van der Waals surface area contributed by atoms with Crippen LogP contribution in [0.4, 0.5) is 0 Å². The molecule has 19 heavy (non-hydrogen) atoms. The van der Waals surface area contributed by atoms with E-state index in [2.05, 4.69) is 10.3 Å². The lowest BCUT2D eigenvalue weighted by molar-refractivity contribution is -0.121. The molecule has 0 aliphatic heterocycles. The molecule has 0 saturated carbocycles. The molecular weight excluding hydrogens is 244 g/mol. The van der Waals surface area contributed by atoms with E-state index in [-0.39, 0.29) is 24.1 Å². The molecule has 1 heterocycles. The van der Waals surface area contributed by atoms with Gasteiger partial charge in [0.15, 0.2) is 0 Å². The highest BCUT2D eigenvalue weighted by atomic mass is 16.4. The van der Waals surface area contributed by atoms with E-state index in [9.17, 15) is 9.90 Å². The number of carbonyl (C=O) groups is 1. The maximum Gasteiger partial charge on any atom is 0.225 e. The second-order valence-corrected chi connectivity index (χ2v) is 4.40. The summed E-state index contributed by atoms with van der Waals surface area (Å²) in [7, 11) is 0. The van der Waals surface area contributed by atoms with Crippen molar-refractivity contribution in [3.8, 4) is 5.75 Å². The Morgan fingerprint density at radius 1 is 1.47 bits per heavy atom. The van der Waals surface area contributed by atoms with E-state index in [1.54, 1.807) is 44.3 Å². The summed E-state index contributed by atoms with van der Waals surface area (Å²) >= 11 is 0. The van der Waals surface area contributed by atoms with Crippen molar-refractivity contribution in [3.05, 3.63) is 47.7 Å². The number of para-hydroxylation sites is 1. The summed E-state index contributed by atoms with van der Waals surface area (Å²) in [6.07, 6.45) is 1.73. The first kappa shape index (κ1) is 13.1. The highest BCUT2D eigenvalue weighted by Gasteiger charge is 2.15. The number of aryl methyl sites for hydroxylation is 1. The summed E-state index contributed by atoms with van der Waals surface area (Å²) in [5, 5.41) is 12.4. The molecule has 1 aromatic heterocycles. The predicted octanol–water partition coefficient (Wildman–Crippen LogP) is 2.11. The summed E-state index contributed by atoms with van der Waals surface area (Å²) in [6, 6.07) is 6.48. The Labute approximate surface area is 111 Å². The quantitative estimate of drug-likeness (QED) is 0.882. The number of hydrogen-bond acceptors (Lipinski definition) is 4. The maximum absolute atomic E-state index is 11.9. The largest absolute Gasteiger partial charge is 0.508 e. The van der Waals surface area contributed by atoms with Crippen LogP contribution in [0.15, 0.2) is 34.9 Å². The predicted molar refractivity (Wildman–Crippen MR) is 69.6 cm³/mol. The summed E-state index contributed by atoms with van der Waals surface area (Å²) < 4.78 is 5.34. The fourth-order valence-electron chi connectivity index (χ4n) is 1.76. The van der Waals surface area contributed by atoms with Gasteiger partial charge < -0.3 is 14.8 Å². The molecule has 1 aromatic carbocycles. The Hall–Kier alpha value is -2.30. The molecule has 0 fully saturated rings. The third kappa shape index (κ3) is 3.34. The van der Waals surface area contributed by atoms with Crippen molar-refractivity contribution >= 4 is 5.91 Å². The number of aromatic nitrogens is 1. The molecule has 0 saturated heterocycles. The van der Waals surface area contributed by atoms with E-state index in [1.807, 2.05) is 0 Å². The summed E-state index contributed by atoms with van der Waals surface area (Å²) in [4.78, 5) is 15.9. The highest BCUT2D eigenvalue weighted by molar-refractivity contribution is 5.79. The number of nitrogens with zero attached hydrogens (tertiary/aromatic N) is 1. The van der Waals surface area contributed by atoms with Crippen LogP contribution < -0.4 is 5.32 Å². The van der Waals surface area contributed by atoms with Crippen LogP contribution in [0, 0.1) is 6.92 Å². The average molecular weight is 260 g/mol. The lowest BCUT2D eigenvalue weighted by Gasteiger charge is -2.11. The fraction of sp³-hybridized carbons (Fsp3) is 0.286. The second-order valence-electron chi connectivity index (χ2n) is 4.40. The molecule has 1 amide bonds. The molecule has 2 rings (SSSR count). The van der Waals surface area contributed by atoms with E-state index in [0.29, 0.717) is 17.2 Å². The first-order chi connectivity index (χ1) is 9.06. The first-order valence-electron chi connectivity index (χ1n) is 6.05. The van der Waals surface area contributed by atoms with Crippen molar-refractivity contribution < 1.29 is 14.3 Å². The minimum atomic E-state index is -0.299. The molecule has 1 atom stereocenters.